The summed E-state index contributed by atoms with van der Waals surface area (Å²) in [4.78, 5) is 42.0. The van der Waals surface area contributed by atoms with Crippen molar-refractivity contribution in [2.45, 2.75) is 50.7 Å². The first kappa shape index (κ1) is 35.3. The Kier molecular flexibility index (Phi) is 10.3. The van der Waals surface area contributed by atoms with Gasteiger partial charge in [-0.3, -0.25) is 15.0 Å². The van der Waals surface area contributed by atoms with E-state index < -0.39 is 64.3 Å². The summed E-state index contributed by atoms with van der Waals surface area (Å²) in [6.07, 6.45) is -5.85. The fraction of sp³-hybridized carbons (Fsp3) is 0.273. The van der Waals surface area contributed by atoms with Crippen molar-refractivity contribution in [3.63, 3.8) is 0 Å². The van der Waals surface area contributed by atoms with E-state index in [1.165, 1.54) is 29.2 Å². The third kappa shape index (κ3) is 8.56. The second kappa shape index (κ2) is 14.3. The van der Waals surface area contributed by atoms with E-state index in [4.69, 9.17) is 5.11 Å². The number of hydrogen-bond donors (Lipinski definition) is 4. The number of fused-ring (bicyclic) bond motifs is 1. The highest BCUT2D eigenvalue weighted by molar-refractivity contribution is 7.22. The number of alkyl halides is 6. The first-order valence-electron chi connectivity index (χ1n) is 14.8. The maximum absolute atomic E-state index is 13.8. The molecule has 1 aliphatic carbocycles. The van der Waals surface area contributed by atoms with Crippen LogP contribution < -0.4 is 15.5 Å². The van der Waals surface area contributed by atoms with Crippen LogP contribution in [0, 0.1) is 0 Å². The number of amides is 3. The molecular weight excluding hydrogens is 678 g/mol. The monoisotopic (exact) mass is 706 g/mol. The van der Waals surface area contributed by atoms with Crippen molar-refractivity contribution in [1.82, 2.24) is 10.3 Å². The zero-order valence-corrected chi connectivity index (χ0v) is 26.2. The second-order valence-corrected chi connectivity index (χ2v) is 12.2. The summed E-state index contributed by atoms with van der Waals surface area (Å²) in [6, 6.07) is 12.6. The topological polar surface area (TPSA) is 132 Å². The van der Waals surface area contributed by atoms with Gasteiger partial charge in [0.15, 0.2) is 11.2 Å². The summed E-state index contributed by atoms with van der Waals surface area (Å²) in [5, 5.41) is 22.6. The van der Waals surface area contributed by atoms with E-state index >= 15 is 0 Å². The van der Waals surface area contributed by atoms with E-state index in [0.29, 0.717) is 28.7 Å². The quantitative estimate of drug-likeness (QED) is 0.132. The molecule has 49 heavy (non-hydrogen) atoms. The highest BCUT2D eigenvalue weighted by atomic mass is 32.1. The smallest absolute Gasteiger partial charge is 0.417 e. The minimum atomic E-state index is -5.12. The Bertz CT molecular complexity index is 1890. The number of anilines is 2. The standard InChI is InChI=1S/C33H28F6N4O5S/c34-32(35,36)22-14-24(33(37,38)39)27-25(15-22)41-30(49-27)42-31(48)43(23-12-10-20(11-13-23)19-4-2-1-3-5-19)17-18-6-8-21(9-7-18)28(45)40-16-26(44)29(46)47/h4,6-15,26,44H,1-3,5,16-17H2,(H,40,45)(H,46,47)(H,41,42,48)/t26-/m1/s1. The van der Waals surface area contributed by atoms with Crippen LogP contribution in [0.4, 0.5) is 42.0 Å². The van der Waals surface area contributed by atoms with Gasteiger partial charge in [-0.15, -0.1) is 0 Å². The number of allylic oxidation sites excluding steroid dienone is 2. The third-order valence-corrected chi connectivity index (χ3v) is 8.74. The number of urea groups is 1. The van der Waals surface area contributed by atoms with E-state index in [9.17, 15) is 45.8 Å². The van der Waals surface area contributed by atoms with Gasteiger partial charge < -0.3 is 15.5 Å². The summed E-state index contributed by atoms with van der Waals surface area (Å²) < 4.78 is 80.9. The van der Waals surface area contributed by atoms with Gasteiger partial charge in [0.1, 0.15) is 0 Å². The Balaban J connectivity index is 1.43. The number of halogens is 6. The molecule has 258 valence electrons. The fourth-order valence-electron chi connectivity index (χ4n) is 5.18. The second-order valence-electron chi connectivity index (χ2n) is 11.2. The van der Waals surface area contributed by atoms with Gasteiger partial charge in [0.2, 0.25) is 0 Å². The SMILES string of the molecule is O=C(NC[C@@H](O)C(=O)O)c1ccc(CN(C(=O)Nc2nc3cc(C(F)(F)F)cc(C(F)(F)F)c3s2)c2ccc(C3=CCCCC3)cc2)cc1. The van der Waals surface area contributed by atoms with Gasteiger partial charge in [-0.1, -0.05) is 41.7 Å². The molecule has 1 aliphatic rings. The van der Waals surface area contributed by atoms with Gasteiger partial charge in [0.25, 0.3) is 5.91 Å². The number of aliphatic hydroxyl groups is 1. The summed E-state index contributed by atoms with van der Waals surface area (Å²) in [5.41, 5.74) is -0.486. The lowest BCUT2D eigenvalue weighted by Gasteiger charge is -2.24. The number of carbonyl (C=O) groups is 3. The van der Waals surface area contributed by atoms with Crippen LogP contribution in [0.15, 0.2) is 66.7 Å². The molecule has 1 heterocycles. The lowest BCUT2D eigenvalue weighted by molar-refractivity contribution is -0.146. The molecule has 16 heteroatoms. The lowest BCUT2D eigenvalue weighted by atomic mass is 9.93. The highest BCUT2D eigenvalue weighted by Gasteiger charge is 2.39. The van der Waals surface area contributed by atoms with Crippen LogP contribution in [0.1, 0.15) is 58.3 Å². The Hall–Kier alpha value is -4.96. The molecule has 3 amide bonds. The van der Waals surface area contributed by atoms with Crippen LogP contribution in [-0.4, -0.2) is 45.8 Å². The van der Waals surface area contributed by atoms with Gasteiger partial charge in [0.05, 0.1) is 34.4 Å². The number of thiazole rings is 1. The minimum Gasteiger partial charge on any atom is -0.479 e. The number of carbonyl (C=O) groups excluding carboxylic acids is 2. The van der Waals surface area contributed by atoms with Crippen molar-refractivity contribution in [3.05, 3.63) is 94.6 Å². The Morgan fingerprint density at radius 3 is 2.22 bits per heavy atom. The maximum Gasteiger partial charge on any atom is 0.417 e. The summed E-state index contributed by atoms with van der Waals surface area (Å²) in [6.45, 7) is -0.630. The zero-order valence-electron chi connectivity index (χ0n) is 25.4. The molecule has 0 radical (unpaired) electrons. The van der Waals surface area contributed by atoms with Gasteiger partial charge in [-0.05, 0) is 78.8 Å². The summed E-state index contributed by atoms with van der Waals surface area (Å²) in [7, 11) is 0. The Labute approximate surface area is 278 Å². The predicted octanol–water partition coefficient (Wildman–Crippen LogP) is 7.71. The maximum atomic E-state index is 13.8. The van der Waals surface area contributed by atoms with E-state index in [2.05, 4.69) is 21.7 Å². The molecule has 0 unspecified atom stereocenters. The number of hydrogen-bond acceptors (Lipinski definition) is 6. The molecule has 3 aromatic carbocycles. The zero-order chi connectivity index (χ0) is 35.5. The molecule has 4 aromatic rings. The minimum absolute atomic E-state index is 0.0138. The Morgan fingerprint density at radius 2 is 1.63 bits per heavy atom. The lowest BCUT2D eigenvalue weighted by Crippen LogP contribution is -2.36. The van der Waals surface area contributed by atoms with Crippen molar-refractivity contribution in [1.29, 1.82) is 0 Å². The van der Waals surface area contributed by atoms with Gasteiger partial charge >= 0.3 is 24.4 Å². The molecule has 0 fully saturated rings. The van der Waals surface area contributed by atoms with Gasteiger partial charge in [-0.25, -0.2) is 14.6 Å². The number of aliphatic hydroxyl groups excluding tert-OH is 1. The predicted molar refractivity (Wildman–Crippen MR) is 170 cm³/mol. The summed E-state index contributed by atoms with van der Waals surface area (Å²) >= 11 is 0.389. The normalized spacial score (nSPS) is 14.2. The first-order valence-corrected chi connectivity index (χ1v) is 15.7. The van der Waals surface area contributed by atoms with E-state index in [1.54, 1.807) is 12.1 Å². The van der Waals surface area contributed by atoms with Crippen LogP contribution in [0.5, 0.6) is 0 Å². The van der Waals surface area contributed by atoms with Crippen LogP contribution in [0.25, 0.3) is 15.8 Å². The van der Waals surface area contributed by atoms with Crippen LogP contribution in [0.2, 0.25) is 0 Å². The van der Waals surface area contributed by atoms with Crippen molar-refractivity contribution in [2.24, 2.45) is 0 Å². The number of aromatic nitrogens is 1. The number of nitrogens with one attached hydrogen (secondary N) is 2. The van der Waals surface area contributed by atoms with E-state index in [1.807, 2.05) is 12.1 Å². The molecule has 1 atom stereocenters. The van der Waals surface area contributed by atoms with Gasteiger partial charge in [-0.2, -0.15) is 26.3 Å². The van der Waals surface area contributed by atoms with E-state index in [-0.39, 0.29) is 23.3 Å². The number of aliphatic carboxylic acids is 1. The largest absolute Gasteiger partial charge is 0.479 e. The number of rotatable bonds is 9. The number of nitrogens with zero attached hydrogens (tertiary/aromatic N) is 2. The Morgan fingerprint density at radius 1 is 0.939 bits per heavy atom. The van der Waals surface area contributed by atoms with Crippen LogP contribution >= 0.6 is 11.3 Å². The number of carboxylic acids is 1. The molecule has 4 N–H and O–H groups in total. The third-order valence-electron chi connectivity index (χ3n) is 7.72. The molecule has 9 nitrogen and oxygen atoms in total. The average Bonchev–Trinajstić information content (AvgIpc) is 3.47. The molecule has 5 rings (SSSR count). The van der Waals surface area contributed by atoms with Crippen LogP contribution in [-0.2, 0) is 23.7 Å². The number of carboxylic acid groups (broad SMARTS) is 1. The van der Waals surface area contributed by atoms with Crippen molar-refractivity contribution >= 4 is 55.9 Å². The molecule has 0 bridgehead atoms. The van der Waals surface area contributed by atoms with Crippen LogP contribution in [0.3, 0.4) is 0 Å². The fourth-order valence-corrected chi connectivity index (χ4v) is 6.15. The molecule has 0 saturated heterocycles. The van der Waals surface area contributed by atoms with Crippen molar-refractivity contribution in [2.75, 3.05) is 16.8 Å². The summed E-state index contributed by atoms with van der Waals surface area (Å²) in [5.74, 6) is -2.16. The average molecular weight is 707 g/mol. The number of benzene rings is 3. The molecule has 0 spiro atoms. The van der Waals surface area contributed by atoms with Crippen molar-refractivity contribution < 1.29 is 50.9 Å². The van der Waals surface area contributed by atoms with E-state index in [0.717, 1.165) is 36.8 Å². The molecule has 0 saturated carbocycles. The highest BCUT2D eigenvalue weighted by Crippen LogP contribution is 2.43. The molecule has 0 aliphatic heterocycles. The van der Waals surface area contributed by atoms with Gasteiger partial charge in [0, 0.05) is 11.3 Å². The molecular formula is C33H28F6N4O5S. The molecule has 1 aromatic heterocycles. The first-order chi connectivity index (χ1) is 23.1. The van der Waals surface area contributed by atoms with Crippen molar-refractivity contribution in [3.8, 4) is 0 Å².